The van der Waals surface area contributed by atoms with Gasteiger partial charge in [0.05, 0.1) is 25.2 Å². The molecule has 2 amide bonds. The zero-order valence-electron chi connectivity index (χ0n) is 27.5. The van der Waals surface area contributed by atoms with Crippen molar-refractivity contribution in [2.45, 2.75) is 109 Å². The van der Waals surface area contributed by atoms with Crippen LogP contribution in [0.5, 0.6) is 5.75 Å². The third-order valence-corrected chi connectivity index (χ3v) is 9.99. The summed E-state index contributed by atoms with van der Waals surface area (Å²) in [5, 5.41) is 3.19. The number of carbonyl (C=O) groups is 2. The zero-order valence-corrected chi connectivity index (χ0v) is 27.5. The molecule has 2 N–H and O–H groups in total. The van der Waals surface area contributed by atoms with Crippen LogP contribution in [0.1, 0.15) is 84.1 Å². The maximum absolute atomic E-state index is 15.1. The van der Waals surface area contributed by atoms with Gasteiger partial charge in [-0.1, -0.05) is 31.4 Å². The topological polar surface area (TPSA) is 87.9 Å². The van der Waals surface area contributed by atoms with Crippen LogP contribution in [0.15, 0.2) is 47.5 Å². The Kier molecular flexibility index (Phi) is 9.94. The minimum atomic E-state index is -0.675. The smallest absolute Gasteiger partial charge is 0.328 e. The predicted molar refractivity (Wildman–Crippen MR) is 176 cm³/mol. The van der Waals surface area contributed by atoms with Crippen LogP contribution in [0.25, 0.3) is 0 Å². The number of nitrogens with zero attached hydrogens (tertiary/aromatic N) is 3. The van der Waals surface area contributed by atoms with Gasteiger partial charge in [0.25, 0.3) is 0 Å². The highest BCUT2D eigenvalue weighted by Gasteiger charge is 2.54. The van der Waals surface area contributed by atoms with E-state index < -0.39 is 5.54 Å². The summed E-state index contributed by atoms with van der Waals surface area (Å²) in [5.74, 6) is 0.988. The Hall–Kier alpha value is -3.50. The van der Waals surface area contributed by atoms with E-state index in [0.29, 0.717) is 18.5 Å². The highest BCUT2D eigenvalue weighted by atomic mass is 19.1. The molecule has 1 spiro atoms. The van der Waals surface area contributed by atoms with Crippen LogP contribution in [-0.4, -0.2) is 72.7 Å². The van der Waals surface area contributed by atoms with E-state index in [9.17, 15) is 9.59 Å². The molecule has 3 saturated heterocycles. The van der Waals surface area contributed by atoms with Gasteiger partial charge >= 0.3 is 12.0 Å². The van der Waals surface area contributed by atoms with E-state index in [1.165, 1.54) is 35.9 Å². The van der Waals surface area contributed by atoms with Crippen molar-refractivity contribution in [2.24, 2.45) is 4.99 Å². The quantitative estimate of drug-likeness (QED) is 0.393. The van der Waals surface area contributed by atoms with Crippen molar-refractivity contribution in [2.75, 3.05) is 31.1 Å². The molecular formula is C36H49FN5O4+. The number of aliphatic imine (C=N–C) groups is 1. The number of anilines is 1. The first-order chi connectivity index (χ1) is 22.2. The molecule has 3 heterocycles. The first kappa shape index (κ1) is 32.4. The molecule has 0 aromatic heterocycles. The molecule has 10 heteroatoms. The number of amidine groups is 1. The van der Waals surface area contributed by atoms with Gasteiger partial charge < -0.3 is 14.4 Å². The monoisotopic (exact) mass is 634 g/mol. The summed E-state index contributed by atoms with van der Waals surface area (Å²) in [4.78, 5) is 36.3. The summed E-state index contributed by atoms with van der Waals surface area (Å²) in [7, 11) is 0. The van der Waals surface area contributed by atoms with Gasteiger partial charge in [0, 0.05) is 51.5 Å². The number of nitrogens with one attached hydrogen (secondary N) is 2. The van der Waals surface area contributed by atoms with Gasteiger partial charge in [-0.05, 0) is 63.3 Å². The van der Waals surface area contributed by atoms with Crippen molar-refractivity contribution >= 4 is 29.2 Å². The molecule has 0 bridgehead atoms. The van der Waals surface area contributed by atoms with Gasteiger partial charge in [-0.3, -0.25) is 24.9 Å². The van der Waals surface area contributed by atoms with Crippen molar-refractivity contribution in [1.29, 1.82) is 0 Å². The molecule has 4 aliphatic rings. The summed E-state index contributed by atoms with van der Waals surface area (Å²) in [6.45, 7) is 9.30. The Morgan fingerprint density at radius 3 is 2.50 bits per heavy atom. The van der Waals surface area contributed by atoms with Crippen molar-refractivity contribution < 1.29 is 28.4 Å². The van der Waals surface area contributed by atoms with E-state index in [-0.39, 0.29) is 36.1 Å². The van der Waals surface area contributed by atoms with Gasteiger partial charge in [-0.25, -0.2) is 9.18 Å². The first-order valence-electron chi connectivity index (χ1n) is 17.2. The summed E-state index contributed by atoms with van der Waals surface area (Å²) in [6, 6.07) is 13.1. The number of carbonyl (C=O) groups excluding carboxylic acids is 2. The second-order valence-corrected chi connectivity index (χ2v) is 13.7. The SMILES string of the molecule is CC(=O)OC1CC[NH+](c2ccc(F)cc2N2C(=O)NC(=NC3CCCCC3)C23CCN(Cc2cccc(OC(C)C)c2)CC3)CC1. The van der Waals surface area contributed by atoms with Gasteiger partial charge in [-0.15, -0.1) is 0 Å². The number of amides is 2. The normalized spacial score (nSPS) is 24.8. The minimum absolute atomic E-state index is 0.109. The van der Waals surface area contributed by atoms with Crippen molar-refractivity contribution in [3.05, 3.63) is 53.8 Å². The predicted octanol–water partition coefficient (Wildman–Crippen LogP) is 5.15. The molecule has 0 radical (unpaired) electrons. The minimum Gasteiger partial charge on any atom is -0.491 e. The van der Waals surface area contributed by atoms with Crippen LogP contribution in [0.4, 0.5) is 20.6 Å². The maximum Gasteiger partial charge on any atom is 0.328 e. The fraction of sp³-hybridized carbons (Fsp3) is 0.583. The van der Waals surface area contributed by atoms with Crippen LogP contribution in [0.2, 0.25) is 0 Å². The molecule has 1 aliphatic carbocycles. The van der Waals surface area contributed by atoms with Crippen molar-refractivity contribution in [3.8, 4) is 5.75 Å². The average Bonchev–Trinajstić information content (AvgIpc) is 3.28. The van der Waals surface area contributed by atoms with Crippen LogP contribution in [0.3, 0.4) is 0 Å². The molecule has 4 fully saturated rings. The summed E-state index contributed by atoms with van der Waals surface area (Å²) < 4.78 is 26.5. The molecule has 3 aliphatic heterocycles. The fourth-order valence-corrected chi connectivity index (χ4v) is 7.80. The number of likely N-dealkylation sites (tertiary alicyclic amines) is 1. The standard InChI is InChI=1S/C36H48FN5O4/c1-25(2)45-31-11-7-8-27(22-31)24-40-20-16-36(17-21-40)34(38-29-9-5-4-6-10-29)39-35(44)42(36)33-23-28(37)12-13-32(33)41-18-14-30(15-19-41)46-26(3)43/h7-8,11-13,22-23,25,29-30H,4-6,9-10,14-21,24H2,1-3H3,(H,38,39,44)/p+1. The fourth-order valence-electron chi connectivity index (χ4n) is 7.80. The Bertz CT molecular complexity index is 1430. The summed E-state index contributed by atoms with van der Waals surface area (Å²) >= 11 is 0. The Labute approximate surface area is 272 Å². The molecule has 0 atom stereocenters. The Balaban J connectivity index is 1.28. The number of rotatable bonds is 8. The van der Waals surface area contributed by atoms with E-state index in [4.69, 9.17) is 14.5 Å². The molecular weight excluding hydrogens is 585 g/mol. The molecule has 0 unspecified atom stereocenters. The molecule has 6 rings (SSSR count). The van der Waals surface area contributed by atoms with E-state index in [2.05, 4.69) is 22.3 Å². The average molecular weight is 635 g/mol. The van der Waals surface area contributed by atoms with E-state index >= 15 is 4.39 Å². The number of piperidine rings is 2. The van der Waals surface area contributed by atoms with Crippen LogP contribution in [0, 0.1) is 5.82 Å². The lowest BCUT2D eigenvalue weighted by Gasteiger charge is -2.44. The highest BCUT2D eigenvalue weighted by Crippen LogP contribution is 2.41. The first-order valence-corrected chi connectivity index (χ1v) is 17.2. The van der Waals surface area contributed by atoms with Gasteiger partial charge in [-0.2, -0.15) is 0 Å². The third kappa shape index (κ3) is 7.23. The molecule has 46 heavy (non-hydrogen) atoms. The highest BCUT2D eigenvalue weighted by molar-refractivity contribution is 6.19. The largest absolute Gasteiger partial charge is 0.491 e. The second-order valence-electron chi connectivity index (χ2n) is 13.7. The Morgan fingerprint density at radius 1 is 1.07 bits per heavy atom. The number of halogens is 1. The second kappa shape index (κ2) is 14.1. The molecule has 9 nitrogen and oxygen atoms in total. The number of esters is 1. The molecule has 2 aromatic carbocycles. The number of quaternary nitrogens is 1. The van der Waals surface area contributed by atoms with E-state index in [1.54, 1.807) is 0 Å². The Morgan fingerprint density at radius 2 is 1.80 bits per heavy atom. The van der Waals surface area contributed by atoms with Gasteiger partial charge in [0.2, 0.25) is 0 Å². The third-order valence-electron chi connectivity index (χ3n) is 9.99. The van der Waals surface area contributed by atoms with Crippen LogP contribution < -0.4 is 19.9 Å². The van der Waals surface area contributed by atoms with Gasteiger partial charge in [0.1, 0.15) is 34.7 Å². The van der Waals surface area contributed by atoms with Crippen LogP contribution >= 0.6 is 0 Å². The number of ether oxygens (including phenoxy) is 2. The lowest BCUT2D eigenvalue weighted by atomic mass is 9.84. The van der Waals surface area contributed by atoms with E-state index in [0.717, 1.165) is 88.5 Å². The lowest BCUT2D eigenvalue weighted by molar-refractivity contribution is -0.839. The molecule has 248 valence electrons. The maximum atomic E-state index is 15.1. The van der Waals surface area contributed by atoms with Crippen molar-refractivity contribution in [3.63, 3.8) is 0 Å². The number of urea groups is 1. The van der Waals surface area contributed by atoms with Crippen molar-refractivity contribution in [1.82, 2.24) is 10.2 Å². The van der Waals surface area contributed by atoms with Gasteiger partial charge in [0.15, 0.2) is 5.69 Å². The number of hydrogen-bond donors (Lipinski definition) is 2. The molecule has 2 aromatic rings. The van der Waals surface area contributed by atoms with E-state index in [1.807, 2.05) is 36.9 Å². The summed E-state index contributed by atoms with van der Waals surface area (Å²) in [5.41, 5.74) is 2.03. The zero-order chi connectivity index (χ0) is 32.3. The van der Waals surface area contributed by atoms with Crippen LogP contribution in [-0.2, 0) is 16.1 Å². The number of hydrogen-bond acceptors (Lipinski definition) is 6. The summed E-state index contributed by atoms with van der Waals surface area (Å²) in [6.07, 6.45) is 8.42. The molecule has 1 saturated carbocycles. The lowest BCUT2D eigenvalue weighted by Crippen LogP contribution is -3.08. The number of benzene rings is 2.